The van der Waals surface area contributed by atoms with Gasteiger partial charge in [0.1, 0.15) is 11.4 Å². The lowest BCUT2D eigenvalue weighted by Gasteiger charge is -2.35. The molecule has 1 aromatic heterocycles. The van der Waals surface area contributed by atoms with E-state index in [1.54, 1.807) is 11.0 Å². The van der Waals surface area contributed by atoms with E-state index in [4.69, 9.17) is 16.0 Å². The zero-order chi connectivity index (χ0) is 20.5. The number of hydrogen-bond donors (Lipinski definition) is 0. The van der Waals surface area contributed by atoms with Crippen molar-refractivity contribution in [3.8, 4) is 0 Å². The lowest BCUT2D eigenvalue weighted by molar-refractivity contribution is 0.0624. The van der Waals surface area contributed by atoms with Crippen molar-refractivity contribution in [2.24, 2.45) is 0 Å². The minimum absolute atomic E-state index is 0.0109. The third-order valence-electron chi connectivity index (χ3n) is 5.00. The summed E-state index contributed by atoms with van der Waals surface area (Å²) in [4.78, 5) is 28.3. The van der Waals surface area contributed by atoms with E-state index in [-0.39, 0.29) is 11.5 Å². The van der Waals surface area contributed by atoms with Gasteiger partial charge in [-0.15, -0.1) is 0 Å². The molecule has 1 fully saturated rings. The van der Waals surface area contributed by atoms with Crippen molar-refractivity contribution < 1.29 is 13.6 Å². The molecule has 0 saturated carbocycles. The molecule has 0 unspecified atom stereocenters. The van der Waals surface area contributed by atoms with Crippen molar-refractivity contribution in [3.63, 3.8) is 0 Å². The SMILES string of the molecule is O=C(c1cc(Cl)ccc1F)N1CCN(Cc2cc(=O)oc3cc(Br)ccc23)CC1. The second-order valence-electron chi connectivity index (χ2n) is 6.92. The Balaban J connectivity index is 1.47. The summed E-state index contributed by atoms with van der Waals surface area (Å²) >= 11 is 9.29. The van der Waals surface area contributed by atoms with Gasteiger partial charge in [0.25, 0.3) is 5.91 Å². The smallest absolute Gasteiger partial charge is 0.336 e. The quantitative estimate of drug-likeness (QED) is 0.526. The van der Waals surface area contributed by atoms with Crippen LogP contribution in [0.1, 0.15) is 15.9 Å². The largest absolute Gasteiger partial charge is 0.423 e. The number of carbonyl (C=O) groups excluding carboxylic acids is 1. The molecule has 29 heavy (non-hydrogen) atoms. The molecule has 0 radical (unpaired) electrons. The van der Waals surface area contributed by atoms with E-state index in [1.807, 2.05) is 12.1 Å². The summed E-state index contributed by atoms with van der Waals surface area (Å²) in [6.07, 6.45) is 0. The van der Waals surface area contributed by atoms with Gasteiger partial charge >= 0.3 is 5.63 Å². The molecule has 1 aliphatic rings. The summed E-state index contributed by atoms with van der Waals surface area (Å²) in [5.41, 5.74) is 1.01. The van der Waals surface area contributed by atoms with Crippen molar-refractivity contribution in [1.29, 1.82) is 0 Å². The van der Waals surface area contributed by atoms with Crippen molar-refractivity contribution in [2.45, 2.75) is 6.54 Å². The Hall–Kier alpha value is -2.22. The zero-order valence-electron chi connectivity index (χ0n) is 15.3. The maximum absolute atomic E-state index is 14.0. The van der Waals surface area contributed by atoms with Crippen molar-refractivity contribution in [1.82, 2.24) is 9.80 Å². The third-order valence-corrected chi connectivity index (χ3v) is 5.73. The lowest BCUT2D eigenvalue weighted by atomic mass is 10.1. The molecule has 0 atom stereocenters. The summed E-state index contributed by atoms with van der Waals surface area (Å²) in [5, 5.41) is 1.21. The molecular formula is C21H17BrClFN2O3. The van der Waals surface area contributed by atoms with Crippen molar-refractivity contribution in [3.05, 3.63) is 79.3 Å². The Morgan fingerprint density at radius 3 is 2.62 bits per heavy atom. The minimum Gasteiger partial charge on any atom is -0.423 e. The fourth-order valence-electron chi connectivity index (χ4n) is 3.52. The van der Waals surface area contributed by atoms with Crippen LogP contribution in [0.3, 0.4) is 0 Å². The first-order valence-electron chi connectivity index (χ1n) is 9.10. The van der Waals surface area contributed by atoms with E-state index in [9.17, 15) is 14.0 Å². The fraction of sp³-hybridized carbons (Fsp3) is 0.238. The van der Waals surface area contributed by atoms with Crippen LogP contribution in [0.5, 0.6) is 0 Å². The molecule has 1 aliphatic heterocycles. The minimum atomic E-state index is -0.574. The van der Waals surface area contributed by atoms with Crippen LogP contribution in [0.2, 0.25) is 5.02 Å². The molecule has 2 aromatic carbocycles. The summed E-state index contributed by atoms with van der Waals surface area (Å²) in [6.45, 7) is 2.74. The molecular weight excluding hydrogens is 463 g/mol. The first kappa shape index (κ1) is 20.1. The van der Waals surface area contributed by atoms with E-state index < -0.39 is 11.4 Å². The summed E-state index contributed by atoms with van der Waals surface area (Å²) in [5.74, 6) is -0.934. The molecule has 1 saturated heterocycles. The first-order chi connectivity index (χ1) is 13.9. The zero-order valence-corrected chi connectivity index (χ0v) is 17.7. The van der Waals surface area contributed by atoms with Crippen LogP contribution in [0.4, 0.5) is 4.39 Å². The van der Waals surface area contributed by atoms with Crippen LogP contribution in [0.15, 0.2) is 56.1 Å². The highest BCUT2D eigenvalue weighted by Crippen LogP contribution is 2.23. The van der Waals surface area contributed by atoms with Gasteiger partial charge in [-0.3, -0.25) is 9.69 Å². The number of amides is 1. The summed E-state index contributed by atoms with van der Waals surface area (Å²) in [6, 6.07) is 11.1. The van der Waals surface area contributed by atoms with Gasteiger partial charge in [-0.2, -0.15) is 0 Å². The predicted octanol–water partition coefficient (Wildman–Crippen LogP) is 4.31. The van der Waals surface area contributed by atoms with Crippen LogP contribution < -0.4 is 5.63 Å². The van der Waals surface area contributed by atoms with Gasteiger partial charge in [-0.05, 0) is 42.0 Å². The lowest BCUT2D eigenvalue weighted by Crippen LogP contribution is -2.48. The number of nitrogens with zero attached hydrogens (tertiary/aromatic N) is 2. The van der Waals surface area contributed by atoms with Gasteiger partial charge in [0.05, 0.1) is 5.56 Å². The molecule has 2 heterocycles. The molecule has 5 nitrogen and oxygen atoms in total. The van der Waals surface area contributed by atoms with Crippen LogP contribution in [0.25, 0.3) is 11.0 Å². The Bertz CT molecular complexity index is 1140. The summed E-state index contributed by atoms with van der Waals surface area (Å²) < 4.78 is 20.1. The number of halogens is 3. The van der Waals surface area contributed by atoms with Gasteiger partial charge in [-0.25, -0.2) is 9.18 Å². The van der Waals surface area contributed by atoms with Gasteiger partial charge in [0.15, 0.2) is 0 Å². The maximum atomic E-state index is 14.0. The van der Waals surface area contributed by atoms with E-state index >= 15 is 0 Å². The molecule has 4 rings (SSSR count). The third kappa shape index (κ3) is 4.37. The predicted molar refractivity (Wildman–Crippen MR) is 113 cm³/mol. The Morgan fingerprint density at radius 1 is 1.10 bits per heavy atom. The first-order valence-corrected chi connectivity index (χ1v) is 10.3. The van der Waals surface area contributed by atoms with Gasteiger partial charge in [-0.1, -0.05) is 27.5 Å². The van der Waals surface area contributed by atoms with Gasteiger partial charge < -0.3 is 9.32 Å². The summed E-state index contributed by atoms with van der Waals surface area (Å²) in [7, 11) is 0. The highest BCUT2D eigenvalue weighted by Gasteiger charge is 2.24. The molecule has 0 N–H and O–H groups in total. The van der Waals surface area contributed by atoms with Crippen LogP contribution in [0, 0.1) is 5.82 Å². The fourth-order valence-corrected chi connectivity index (χ4v) is 4.03. The number of carbonyl (C=O) groups is 1. The number of rotatable bonds is 3. The van der Waals surface area contributed by atoms with Gasteiger partial charge in [0, 0.05) is 53.7 Å². The highest BCUT2D eigenvalue weighted by molar-refractivity contribution is 9.10. The standard InChI is InChI=1S/C21H17BrClFN2O3/c22-14-1-3-16-13(9-20(27)29-19(16)10-14)12-25-5-7-26(8-6-25)21(28)17-11-15(23)2-4-18(17)24/h1-4,9-11H,5-8,12H2. The molecule has 3 aromatic rings. The normalized spacial score (nSPS) is 15.1. The second kappa shape index (κ2) is 8.26. The van der Waals surface area contributed by atoms with Gasteiger partial charge in [0.2, 0.25) is 0 Å². The second-order valence-corrected chi connectivity index (χ2v) is 8.28. The number of fused-ring (bicyclic) bond motifs is 1. The molecule has 150 valence electrons. The number of hydrogen-bond acceptors (Lipinski definition) is 4. The Labute approximate surface area is 179 Å². The van der Waals surface area contributed by atoms with Crippen LogP contribution >= 0.6 is 27.5 Å². The average Bonchev–Trinajstić information content (AvgIpc) is 2.69. The van der Waals surface area contributed by atoms with E-state index in [0.717, 1.165) is 15.4 Å². The van der Waals surface area contributed by atoms with Crippen LogP contribution in [-0.4, -0.2) is 41.9 Å². The number of piperazine rings is 1. The maximum Gasteiger partial charge on any atom is 0.336 e. The van der Waals surface area contributed by atoms with Crippen molar-refractivity contribution in [2.75, 3.05) is 26.2 Å². The Morgan fingerprint density at radius 2 is 1.86 bits per heavy atom. The molecule has 8 heteroatoms. The highest BCUT2D eigenvalue weighted by atomic mass is 79.9. The monoisotopic (exact) mass is 478 g/mol. The molecule has 1 amide bonds. The van der Waals surface area contributed by atoms with E-state index in [0.29, 0.717) is 43.3 Å². The Kier molecular flexibility index (Phi) is 5.72. The average molecular weight is 480 g/mol. The van der Waals surface area contributed by atoms with E-state index in [1.165, 1.54) is 24.3 Å². The molecule has 0 spiro atoms. The van der Waals surface area contributed by atoms with Crippen molar-refractivity contribution >= 4 is 44.4 Å². The number of benzene rings is 2. The van der Waals surface area contributed by atoms with Crippen LogP contribution in [-0.2, 0) is 6.54 Å². The van der Waals surface area contributed by atoms with E-state index in [2.05, 4.69) is 20.8 Å². The molecule has 0 bridgehead atoms. The topological polar surface area (TPSA) is 53.8 Å². The molecule has 0 aliphatic carbocycles.